The molecule has 2 aromatic rings. The standard InChI is InChI=1S/C13H15ClN2O2S2/c1-9-3-2-4-11(14)13(9)16-20(17,18)12-6-5-10(19-12)7-8-15/h2-6,16H,7-8,15H2,1H3. The Morgan fingerprint density at radius 1 is 1.30 bits per heavy atom. The minimum absolute atomic E-state index is 0.264. The van der Waals surface area contributed by atoms with E-state index in [9.17, 15) is 8.42 Å². The Morgan fingerprint density at radius 2 is 2.05 bits per heavy atom. The summed E-state index contributed by atoms with van der Waals surface area (Å²) >= 11 is 7.26. The molecule has 7 heteroatoms. The van der Waals surface area contributed by atoms with Gasteiger partial charge in [0.05, 0.1) is 10.7 Å². The molecule has 3 N–H and O–H groups in total. The second-order valence-corrected chi connectivity index (χ2v) is 7.78. The van der Waals surface area contributed by atoms with E-state index in [1.54, 1.807) is 37.3 Å². The van der Waals surface area contributed by atoms with E-state index in [4.69, 9.17) is 17.3 Å². The first-order valence-corrected chi connectivity index (χ1v) is 8.68. The van der Waals surface area contributed by atoms with Gasteiger partial charge in [0.1, 0.15) is 4.21 Å². The number of sulfonamides is 1. The highest BCUT2D eigenvalue weighted by Gasteiger charge is 2.19. The summed E-state index contributed by atoms with van der Waals surface area (Å²) in [6.45, 7) is 2.30. The molecule has 20 heavy (non-hydrogen) atoms. The molecule has 1 aromatic carbocycles. The van der Waals surface area contributed by atoms with Crippen molar-refractivity contribution in [3.63, 3.8) is 0 Å². The molecule has 0 fully saturated rings. The average molecular weight is 331 g/mol. The van der Waals surface area contributed by atoms with Gasteiger partial charge < -0.3 is 5.73 Å². The van der Waals surface area contributed by atoms with Crippen molar-refractivity contribution in [2.24, 2.45) is 5.73 Å². The number of halogens is 1. The number of para-hydroxylation sites is 1. The van der Waals surface area contributed by atoms with Crippen LogP contribution in [0.5, 0.6) is 0 Å². The van der Waals surface area contributed by atoms with E-state index in [0.717, 1.165) is 10.4 Å². The van der Waals surface area contributed by atoms with E-state index in [0.29, 0.717) is 23.7 Å². The fraction of sp³-hybridized carbons (Fsp3) is 0.231. The Hall–Kier alpha value is -1.08. The molecule has 108 valence electrons. The molecule has 1 heterocycles. The van der Waals surface area contributed by atoms with Crippen LogP contribution in [0.3, 0.4) is 0 Å². The number of nitrogens with two attached hydrogens (primary N) is 1. The summed E-state index contributed by atoms with van der Waals surface area (Å²) in [6.07, 6.45) is 0.672. The third kappa shape index (κ3) is 3.32. The number of benzene rings is 1. The molecule has 0 radical (unpaired) electrons. The first kappa shape index (κ1) is 15.3. The Balaban J connectivity index is 2.31. The maximum atomic E-state index is 12.3. The van der Waals surface area contributed by atoms with Crippen LogP contribution in [0.2, 0.25) is 5.02 Å². The summed E-state index contributed by atoms with van der Waals surface area (Å²) in [5.74, 6) is 0. The van der Waals surface area contributed by atoms with Crippen molar-refractivity contribution in [2.45, 2.75) is 17.6 Å². The molecule has 0 aliphatic carbocycles. The molecule has 4 nitrogen and oxygen atoms in total. The molecule has 0 bridgehead atoms. The minimum Gasteiger partial charge on any atom is -0.330 e. The third-order valence-corrected chi connectivity index (χ3v) is 6.05. The Kier molecular flexibility index (Phi) is 4.70. The lowest BCUT2D eigenvalue weighted by Gasteiger charge is -2.10. The van der Waals surface area contributed by atoms with Crippen molar-refractivity contribution in [1.29, 1.82) is 0 Å². The highest BCUT2D eigenvalue weighted by atomic mass is 35.5. The predicted molar refractivity (Wildman–Crippen MR) is 84.1 cm³/mol. The van der Waals surface area contributed by atoms with Gasteiger partial charge in [-0.2, -0.15) is 0 Å². The first-order valence-electron chi connectivity index (χ1n) is 6.01. The molecular weight excluding hydrogens is 316 g/mol. The lowest BCUT2D eigenvalue weighted by molar-refractivity contribution is 0.603. The van der Waals surface area contributed by atoms with Gasteiger partial charge in [0, 0.05) is 4.88 Å². The average Bonchev–Trinajstić information content (AvgIpc) is 2.84. The van der Waals surface area contributed by atoms with Gasteiger partial charge in [-0.15, -0.1) is 11.3 Å². The fourth-order valence-corrected chi connectivity index (χ4v) is 4.57. The zero-order chi connectivity index (χ0) is 14.8. The van der Waals surface area contributed by atoms with Crippen molar-refractivity contribution < 1.29 is 8.42 Å². The van der Waals surface area contributed by atoms with Crippen LogP contribution in [0.4, 0.5) is 5.69 Å². The predicted octanol–water partition coefficient (Wildman–Crippen LogP) is 3.01. The molecule has 0 unspecified atom stereocenters. The minimum atomic E-state index is -3.61. The second kappa shape index (κ2) is 6.13. The lowest BCUT2D eigenvalue weighted by atomic mass is 10.2. The Bertz CT molecular complexity index is 691. The Morgan fingerprint density at radius 3 is 2.70 bits per heavy atom. The fourth-order valence-electron chi connectivity index (χ4n) is 1.73. The van der Waals surface area contributed by atoms with Crippen LogP contribution in [0.25, 0.3) is 0 Å². The van der Waals surface area contributed by atoms with Gasteiger partial charge in [-0.25, -0.2) is 8.42 Å². The number of hydrogen-bond donors (Lipinski definition) is 2. The lowest BCUT2D eigenvalue weighted by Crippen LogP contribution is -2.12. The van der Waals surface area contributed by atoms with Gasteiger partial charge in [0.2, 0.25) is 0 Å². The van der Waals surface area contributed by atoms with Gasteiger partial charge in [0.25, 0.3) is 10.0 Å². The van der Waals surface area contributed by atoms with Crippen molar-refractivity contribution in [2.75, 3.05) is 11.3 Å². The molecule has 0 saturated heterocycles. The molecular formula is C13H15ClN2O2S2. The van der Waals surface area contributed by atoms with Crippen molar-refractivity contribution >= 4 is 38.6 Å². The van der Waals surface area contributed by atoms with Crippen molar-refractivity contribution in [3.05, 3.63) is 45.8 Å². The van der Waals surface area contributed by atoms with Crippen LogP contribution >= 0.6 is 22.9 Å². The number of thiophene rings is 1. The highest BCUT2D eigenvalue weighted by Crippen LogP contribution is 2.30. The monoisotopic (exact) mass is 330 g/mol. The van der Waals surface area contributed by atoms with Crippen molar-refractivity contribution in [3.8, 4) is 0 Å². The van der Waals surface area contributed by atoms with E-state index in [1.165, 1.54) is 11.3 Å². The molecule has 0 aliphatic heterocycles. The normalized spacial score (nSPS) is 11.6. The molecule has 2 rings (SSSR count). The molecule has 0 saturated carbocycles. The van der Waals surface area contributed by atoms with Gasteiger partial charge >= 0.3 is 0 Å². The summed E-state index contributed by atoms with van der Waals surface area (Å²) < 4.78 is 27.5. The van der Waals surface area contributed by atoms with Gasteiger partial charge in [-0.3, -0.25) is 4.72 Å². The SMILES string of the molecule is Cc1cccc(Cl)c1NS(=O)(=O)c1ccc(CCN)s1. The molecule has 1 aromatic heterocycles. The largest absolute Gasteiger partial charge is 0.330 e. The maximum absolute atomic E-state index is 12.3. The molecule has 0 aliphatic rings. The smallest absolute Gasteiger partial charge is 0.271 e. The van der Waals surface area contributed by atoms with Crippen LogP contribution in [0.15, 0.2) is 34.5 Å². The van der Waals surface area contributed by atoms with Gasteiger partial charge in [0.15, 0.2) is 0 Å². The maximum Gasteiger partial charge on any atom is 0.271 e. The summed E-state index contributed by atoms with van der Waals surface area (Å²) in [4.78, 5) is 0.948. The van der Waals surface area contributed by atoms with E-state index in [1.807, 2.05) is 0 Å². The quantitative estimate of drug-likeness (QED) is 0.885. The number of hydrogen-bond acceptors (Lipinski definition) is 4. The topological polar surface area (TPSA) is 72.2 Å². The van der Waals surface area contributed by atoms with E-state index in [2.05, 4.69) is 4.72 Å². The van der Waals surface area contributed by atoms with Crippen LogP contribution in [0, 0.1) is 6.92 Å². The summed E-state index contributed by atoms with van der Waals surface area (Å²) in [6, 6.07) is 8.61. The number of anilines is 1. The van der Waals surface area contributed by atoms with E-state index < -0.39 is 10.0 Å². The summed E-state index contributed by atoms with van der Waals surface area (Å²) in [5, 5.41) is 0.382. The molecule has 0 spiro atoms. The third-order valence-electron chi connectivity index (χ3n) is 2.75. The summed E-state index contributed by atoms with van der Waals surface area (Å²) in [7, 11) is -3.61. The highest BCUT2D eigenvalue weighted by molar-refractivity contribution is 7.94. The number of rotatable bonds is 5. The van der Waals surface area contributed by atoms with Crippen LogP contribution < -0.4 is 10.5 Å². The molecule has 0 amide bonds. The van der Waals surface area contributed by atoms with Gasteiger partial charge in [-0.1, -0.05) is 23.7 Å². The Labute approximate surface area is 127 Å². The zero-order valence-electron chi connectivity index (χ0n) is 10.9. The zero-order valence-corrected chi connectivity index (χ0v) is 13.3. The van der Waals surface area contributed by atoms with Crippen LogP contribution in [-0.4, -0.2) is 15.0 Å². The second-order valence-electron chi connectivity index (χ2n) is 4.30. The van der Waals surface area contributed by atoms with E-state index >= 15 is 0 Å². The number of nitrogens with one attached hydrogen (secondary N) is 1. The summed E-state index contributed by atoms with van der Waals surface area (Å²) in [5.41, 5.74) is 6.66. The van der Waals surface area contributed by atoms with Crippen molar-refractivity contribution in [1.82, 2.24) is 0 Å². The van der Waals surface area contributed by atoms with E-state index in [-0.39, 0.29) is 4.21 Å². The van der Waals surface area contributed by atoms with Crippen LogP contribution in [0.1, 0.15) is 10.4 Å². The first-order chi connectivity index (χ1) is 9.44. The van der Waals surface area contributed by atoms with Crippen LogP contribution in [-0.2, 0) is 16.4 Å². The van der Waals surface area contributed by atoms with Gasteiger partial charge in [-0.05, 0) is 43.7 Å². The molecule has 0 atom stereocenters. The number of aryl methyl sites for hydroxylation is 1.